The molecule has 1 heterocycles. The number of hydrogen-bond donors (Lipinski definition) is 2. The Morgan fingerprint density at radius 3 is 2.50 bits per heavy atom. The van der Waals surface area contributed by atoms with E-state index in [4.69, 9.17) is 0 Å². The van der Waals surface area contributed by atoms with Gasteiger partial charge in [-0.25, -0.2) is 4.79 Å². The van der Waals surface area contributed by atoms with Gasteiger partial charge in [0.2, 0.25) is 5.91 Å². The molecule has 2 fully saturated rings. The quantitative estimate of drug-likeness (QED) is 0.759. The van der Waals surface area contributed by atoms with Crippen LogP contribution in [-0.4, -0.2) is 34.8 Å². The average Bonchev–Trinajstić information content (AvgIpc) is 2.78. The van der Waals surface area contributed by atoms with Gasteiger partial charge in [0.15, 0.2) is 0 Å². The van der Waals surface area contributed by atoms with Crippen molar-refractivity contribution in [2.75, 3.05) is 11.9 Å². The zero-order valence-corrected chi connectivity index (χ0v) is 17.3. The number of nitrogens with one attached hydrogen (secondary N) is 2. The van der Waals surface area contributed by atoms with Gasteiger partial charge in [-0.3, -0.25) is 14.5 Å². The summed E-state index contributed by atoms with van der Waals surface area (Å²) in [5.74, 6) is -0.305. The highest BCUT2D eigenvalue weighted by molar-refractivity contribution is 6.10. The van der Waals surface area contributed by atoms with Crippen LogP contribution in [0.3, 0.4) is 0 Å². The summed E-state index contributed by atoms with van der Waals surface area (Å²) in [7, 11) is 0. The summed E-state index contributed by atoms with van der Waals surface area (Å²) >= 11 is 0. The second kappa shape index (κ2) is 7.57. The molecule has 6 heteroatoms. The number of carbonyl (C=O) groups is 3. The monoisotopic (exact) mass is 385 g/mol. The molecule has 1 aromatic rings. The van der Waals surface area contributed by atoms with Gasteiger partial charge in [-0.15, -0.1) is 0 Å². The zero-order valence-electron chi connectivity index (χ0n) is 17.3. The number of anilines is 1. The van der Waals surface area contributed by atoms with Crippen LogP contribution in [-0.2, 0) is 16.0 Å². The Kier molecular flexibility index (Phi) is 5.50. The van der Waals surface area contributed by atoms with Gasteiger partial charge in [0, 0.05) is 5.69 Å². The lowest BCUT2D eigenvalue weighted by molar-refractivity contribution is -0.136. The maximum atomic E-state index is 13.1. The first-order valence-electron chi connectivity index (χ1n) is 10.2. The number of imide groups is 1. The van der Waals surface area contributed by atoms with Crippen LogP contribution in [0.2, 0.25) is 0 Å². The van der Waals surface area contributed by atoms with Crippen molar-refractivity contribution in [3.63, 3.8) is 0 Å². The van der Waals surface area contributed by atoms with Crippen molar-refractivity contribution < 1.29 is 14.4 Å². The van der Waals surface area contributed by atoms with Crippen molar-refractivity contribution >= 4 is 23.5 Å². The molecule has 4 amide bonds. The Morgan fingerprint density at radius 1 is 1.21 bits per heavy atom. The normalized spacial score (nSPS) is 26.4. The predicted molar refractivity (Wildman–Crippen MR) is 109 cm³/mol. The van der Waals surface area contributed by atoms with Crippen LogP contribution in [0, 0.1) is 11.3 Å². The van der Waals surface area contributed by atoms with E-state index in [1.54, 1.807) is 0 Å². The standard InChI is InChI=1S/C22H31N3O3/c1-5-6-16-7-9-17(10-8-16)23-18(26)13-25-19(27)22(24-20(25)28)12-15(2)11-21(3,4)14-22/h7-10,15H,5-6,11-14H2,1-4H3,(H,23,26)(H,24,28). The molecule has 2 unspecified atom stereocenters. The smallest absolute Gasteiger partial charge is 0.325 e. The third-order valence-corrected chi connectivity index (χ3v) is 5.70. The van der Waals surface area contributed by atoms with Crippen LogP contribution in [0.4, 0.5) is 10.5 Å². The first-order chi connectivity index (χ1) is 13.1. The summed E-state index contributed by atoms with van der Waals surface area (Å²) < 4.78 is 0. The minimum atomic E-state index is -0.875. The molecule has 1 saturated carbocycles. The van der Waals surface area contributed by atoms with Crippen molar-refractivity contribution in [2.45, 2.75) is 65.3 Å². The molecule has 1 saturated heterocycles. The average molecular weight is 386 g/mol. The lowest BCUT2D eigenvalue weighted by atomic mass is 9.64. The lowest BCUT2D eigenvalue weighted by Crippen LogP contribution is -2.54. The Hall–Kier alpha value is -2.37. The van der Waals surface area contributed by atoms with Crippen molar-refractivity contribution in [2.24, 2.45) is 11.3 Å². The highest BCUT2D eigenvalue weighted by Gasteiger charge is 2.56. The molecule has 2 N–H and O–H groups in total. The molecule has 1 spiro atoms. The molecular weight excluding hydrogens is 354 g/mol. The second-order valence-corrected chi connectivity index (χ2v) is 9.25. The largest absolute Gasteiger partial charge is 0.325 e. The number of aryl methyl sites for hydroxylation is 1. The van der Waals surface area contributed by atoms with E-state index in [2.05, 4.69) is 38.3 Å². The number of benzene rings is 1. The molecule has 1 aromatic carbocycles. The summed E-state index contributed by atoms with van der Waals surface area (Å²) in [6.45, 7) is 8.22. The summed E-state index contributed by atoms with van der Waals surface area (Å²) in [5, 5.41) is 5.69. The molecule has 3 rings (SSSR count). The van der Waals surface area contributed by atoms with Crippen LogP contribution in [0.5, 0.6) is 0 Å². The number of hydrogen-bond acceptors (Lipinski definition) is 3. The maximum absolute atomic E-state index is 13.1. The highest BCUT2D eigenvalue weighted by Crippen LogP contribution is 2.46. The van der Waals surface area contributed by atoms with Crippen molar-refractivity contribution in [3.05, 3.63) is 29.8 Å². The molecule has 1 aliphatic heterocycles. The Labute approximate surface area is 167 Å². The van der Waals surface area contributed by atoms with E-state index in [0.29, 0.717) is 24.4 Å². The number of carbonyl (C=O) groups excluding carboxylic acids is 3. The van der Waals surface area contributed by atoms with E-state index >= 15 is 0 Å². The number of rotatable bonds is 5. The molecule has 28 heavy (non-hydrogen) atoms. The second-order valence-electron chi connectivity index (χ2n) is 9.25. The summed E-state index contributed by atoms with van der Waals surface area (Å²) in [6.07, 6.45) is 4.30. The van der Waals surface area contributed by atoms with Crippen LogP contribution >= 0.6 is 0 Å². The molecule has 1 aliphatic carbocycles. The number of nitrogens with zero attached hydrogens (tertiary/aromatic N) is 1. The molecule has 0 radical (unpaired) electrons. The maximum Gasteiger partial charge on any atom is 0.325 e. The van der Waals surface area contributed by atoms with Crippen molar-refractivity contribution in [3.8, 4) is 0 Å². The Balaban J connectivity index is 1.66. The first kappa shape index (κ1) is 20.4. The van der Waals surface area contributed by atoms with Gasteiger partial charge in [-0.1, -0.05) is 46.2 Å². The fourth-order valence-electron chi connectivity index (χ4n) is 5.04. The highest BCUT2D eigenvalue weighted by atomic mass is 16.2. The van der Waals surface area contributed by atoms with E-state index in [0.717, 1.165) is 24.2 Å². The van der Waals surface area contributed by atoms with Crippen molar-refractivity contribution in [1.82, 2.24) is 10.2 Å². The van der Waals surface area contributed by atoms with Gasteiger partial charge in [0.1, 0.15) is 12.1 Å². The molecule has 152 valence electrons. The van der Waals surface area contributed by atoms with Gasteiger partial charge in [0.25, 0.3) is 5.91 Å². The fourth-order valence-corrected chi connectivity index (χ4v) is 5.04. The SMILES string of the molecule is CCCc1ccc(NC(=O)CN2C(=O)NC3(CC(C)CC(C)(C)C3)C2=O)cc1. The molecule has 0 aromatic heterocycles. The molecule has 0 bridgehead atoms. The summed E-state index contributed by atoms with van der Waals surface area (Å²) in [4.78, 5) is 39.1. The van der Waals surface area contributed by atoms with E-state index in [-0.39, 0.29) is 23.8 Å². The third kappa shape index (κ3) is 4.21. The van der Waals surface area contributed by atoms with Gasteiger partial charge >= 0.3 is 6.03 Å². The predicted octanol–water partition coefficient (Wildman–Crippen LogP) is 3.71. The van der Waals surface area contributed by atoms with Gasteiger partial charge in [0.05, 0.1) is 0 Å². The van der Waals surface area contributed by atoms with E-state index in [1.807, 2.05) is 24.3 Å². The summed E-state index contributed by atoms with van der Waals surface area (Å²) in [6, 6.07) is 7.19. The lowest BCUT2D eigenvalue weighted by Gasteiger charge is -2.43. The number of urea groups is 1. The van der Waals surface area contributed by atoms with Gasteiger partial charge in [-0.05, 0) is 54.7 Å². The molecule has 2 aliphatic rings. The number of amides is 4. The third-order valence-electron chi connectivity index (χ3n) is 5.70. The molecule has 6 nitrogen and oxygen atoms in total. The molecular formula is C22H31N3O3. The minimum absolute atomic E-state index is 0.0287. The van der Waals surface area contributed by atoms with E-state index in [9.17, 15) is 14.4 Å². The fraction of sp³-hybridized carbons (Fsp3) is 0.591. The molecule has 2 atom stereocenters. The minimum Gasteiger partial charge on any atom is -0.325 e. The zero-order chi connectivity index (χ0) is 20.5. The Morgan fingerprint density at radius 2 is 1.89 bits per heavy atom. The van der Waals surface area contributed by atoms with Crippen LogP contribution in [0.15, 0.2) is 24.3 Å². The Bertz CT molecular complexity index is 772. The van der Waals surface area contributed by atoms with Gasteiger partial charge in [-0.2, -0.15) is 0 Å². The topological polar surface area (TPSA) is 78.5 Å². The van der Waals surface area contributed by atoms with E-state index < -0.39 is 11.6 Å². The van der Waals surface area contributed by atoms with E-state index in [1.165, 1.54) is 5.56 Å². The summed E-state index contributed by atoms with van der Waals surface area (Å²) in [5.41, 5.74) is 0.976. The van der Waals surface area contributed by atoms with Crippen molar-refractivity contribution in [1.29, 1.82) is 0 Å². The first-order valence-corrected chi connectivity index (χ1v) is 10.2. The van der Waals surface area contributed by atoms with Gasteiger partial charge < -0.3 is 10.6 Å². The van der Waals surface area contributed by atoms with Crippen LogP contribution in [0.25, 0.3) is 0 Å². The van der Waals surface area contributed by atoms with Crippen LogP contribution < -0.4 is 10.6 Å². The van der Waals surface area contributed by atoms with Crippen LogP contribution in [0.1, 0.15) is 58.9 Å².